The normalized spacial score (nSPS) is 30.9. The maximum atomic E-state index is 13.1. The van der Waals surface area contributed by atoms with Gasteiger partial charge >= 0.3 is 0 Å². The molecule has 0 N–H and O–H groups in total. The second-order valence-corrected chi connectivity index (χ2v) is 12.4. The molecule has 1 atom stereocenters. The van der Waals surface area contributed by atoms with Gasteiger partial charge in [0.05, 0.1) is 24.2 Å². The molecule has 6 rings (SSSR count). The molecule has 0 radical (unpaired) electrons. The molecule has 3 aliphatic heterocycles. The first kappa shape index (κ1) is 19.5. The zero-order valence-electron chi connectivity index (χ0n) is 17.6. The van der Waals surface area contributed by atoms with Crippen LogP contribution in [0.2, 0.25) is 0 Å². The summed E-state index contributed by atoms with van der Waals surface area (Å²) in [7, 11) is -3.42. The van der Waals surface area contributed by atoms with Crippen molar-refractivity contribution in [3.05, 3.63) is 24.3 Å². The Morgan fingerprint density at radius 3 is 2.23 bits per heavy atom. The fourth-order valence-electron chi connectivity index (χ4n) is 6.01. The van der Waals surface area contributed by atoms with Gasteiger partial charge < -0.3 is 9.47 Å². The second kappa shape index (κ2) is 6.92. The Morgan fingerprint density at radius 2 is 1.63 bits per heavy atom. The summed E-state index contributed by atoms with van der Waals surface area (Å²) >= 11 is 0. The van der Waals surface area contributed by atoms with Crippen molar-refractivity contribution in [2.45, 2.75) is 62.0 Å². The molecule has 6 nitrogen and oxygen atoms in total. The standard InChI is InChI=1S/C23H32N2O4S/c26-30(27,21-5-3-20(4-6-21)29-19-1-2-19)25-11-9-22(10-12-25)8-7-18(13-22)24-14-23(15-24)16-28-17-23/h3-6,18-19H,1-2,7-17H2. The molecule has 1 aromatic carbocycles. The summed E-state index contributed by atoms with van der Waals surface area (Å²) in [5.41, 5.74) is 0.823. The molecule has 5 aliphatic rings. The Balaban J connectivity index is 1.05. The molecule has 2 saturated carbocycles. The zero-order chi connectivity index (χ0) is 20.4. The van der Waals surface area contributed by atoms with Gasteiger partial charge in [0.2, 0.25) is 10.0 Å². The predicted octanol–water partition coefficient (Wildman–Crippen LogP) is 2.88. The lowest BCUT2D eigenvalue weighted by Gasteiger charge is -2.57. The van der Waals surface area contributed by atoms with E-state index in [9.17, 15) is 8.42 Å². The number of piperidine rings is 1. The number of sulfonamides is 1. The molecule has 2 spiro atoms. The molecular formula is C23H32N2O4S. The van der Waals surface area contributed by atoms with Crippen LogP contribution >= 0.6 is 0 Å². The number of benzene rings is 1. The van der Waals surface area contributed by atoms with Crippen molar-refractivity contribution in [3.63, 3.8) is 0 Å². The minimum Gasteiger partial charge on any atom is -0.490 e. The van der Waals surface area contributed by atoms with Crippen LogP contribution in [0.3, 0.4) is 0 Å². The lowest BCUT2D eigenvalue weighted by atomic mass is 9.75. The first-order chi connectivity index (χ1) is 14.5. The summed E-state index contributed by atoms with van der Waals surface area (Å²) in [5, 5.41) is 0. The number of hydrogen-bond donors (Lipinski definition) is 0. The van der Waals surface area contributed by atoms with Gasteiger partial charge in [-0.1, -0.05) is 0 Å². The van der Waals surface area contributed by atoms with Gasteiger partial charge in [0.25, 0.3) is 0 Å². The van der Waals surface area contributed by atoms with Crippen LogP contribution in [-0.4, -0.2) is 69.2 Å². The molecule has 30 heavy (non-hydrogen) atoms. The Labute approximate surface area is 179 Å². The van der Waals surface area contributed by atoms with Crippen LogP contribution in [0.25, 0.3) is 0 Å². The third-order valence-corrected chi connectivity index (χ3v) is 10.1. The van der Waals surface area contributed by atoms with Crippen molar-refractivity contribution < 1.29 is 17.9 Å². The Kier molecular flexibility index (Phi) is 4.51. The summed E-state index contributed by atoms with van der Waals surface area (Å²) in [6, 6.07) is 7.69. The topological polar surface area (TPSA) is 59.1 Å². The Morgan fingerprint density at radius 1 is 0.933 bits per heavy atom. The lowest BCUT2D eigenvalue weighted by molar-refractivity contribution is -0.198. The van der Waals surface area contributed by atoms with Crippen molar-refractivity contribution in [1.29, 1.82) is 0 Å². The molecule has 1 aromatic rings. The average Bonchev–Trinajstić information content (AvgIpc) is 3.40. The van der Waals surface area contributed by atoms with Gasteiger partial charge in [0.1, 0.15) is 5.75 Å². The van der Waals surface area contributed by atoms with Gasteiger partial charge in [0, 0.05) is 37.6 Å². The van der Waals surface area contributed by atoms with Crippen molar-refractivity contribution in [2.75, 3.05) is 39.4 Å². The van der Waals surface area contributed by atoms with Gasteiger partial charge in [-0.25, -0.2) is 8.42 Å². The van der Waals surface area contributed by atoms with Gasteiger partial charge in [-0.15, -0.1) is 0 Å². The predicted molar refractivity (Wildman–Crippen MR) is 113 cm³/mol. The van der Waals surface area contributed by atoms with Crippen LogP contribution in [-0.2, 0) is 14.8 Å². The highest BCUT2D eigenvalue weighted by Crippen LogP contribution is 2.51. The molecule has 164 valence electrons. The summed E-state index contributed by atoms with van der Waals surface area (Å²) in [6.45, 7) is 5.59. The second-order valence-electron chi connectivity index (χ2n) is 10.5. The van der Waals surface area contributed by atoms with Crippen molar-refractivity contribution in [2.24, 2.45) is 10.8 Å². The molecule has 0 amide bonds. The average molecular weight is 433 g/mol. The molecule has 1 unspecified atom stereocenters. The largest absolute Gasteiger partial charge is 0.490 e. The zero-order valence-corrected chi connectivity index (χ0v) is 18.4. The molecule has 0 aromatic heterocycles. The third kappa shape index (κ3) is 3.38. The lowest BCUT2D eigenvalue weighted by Crippen LogP contribution is -2.67. The quantitative estimate of drug-likeness (QED) is 0.716. The van der Waals surface area contributed by atoms with Crippen LogP contribution in [0, 0.1) is 10.8 Å². The first-order valence-electron chi connectivity index (χ1n) is 11.5. The van der Waals surface area contributed by atoms with E-state index in [0.29, 0.717) is 41.0 Å². The summed E-state index contributed by atoms with van der Waals surface area (Å²) in [6.07, 6.45) is 8.27. The fourth-order valence-corrected chi connectivity index (χ4v) is 7.45. The van der Waals surface area contributed by atoms with Crippen LogP contribution < -0.4 is 4.74 Å². The van der Waals surface area contributed by atoms with E-state index in [1.54, 1.807) is 28.6 Å². The molecule has 7 heteroatoms. The molecule has 3 saturated heterocycles. The van der Waals surface area contributed by atoms with Gasteiger partial charge in [-0.2, -0.15) is 4.31 Å². The molecule has 3 heterocycles. The van der Waals surface area contributed by atoms with Crippen LogP contribution in [0.4, 0.5) is 0 Å². The Hall–Kier alpha value is -1.15. The van der Waals surface area contributed by atoms with E-state index < -0.39 is 10.0 Å². The third-order valence-electron chi connectivity index (χ3n) is 8.16. The van der Waals surface area contributed by atoms with Crippen molar-refractivity contribution >= 4 is 10.0 Å². The first-order valence-corrected chi connectivity index (χ1v) is 13.0. The van der Waals surface area contributed by atoms with E-state index in [1.165, 1.54) is 32.4 Å². The fraction of sp³-hybridized carbons (Fsp3) is 0.739. The van der Waals surface area contributed by atoms with E-state index in [-0.39, 0.29) is 0 Å². The minimum atomic E-state index is -3.42. The molecule has 5 fully saturated rings. The number of hydrogen-bond acceptors (Lipinski definition) is 5. The van der Waals surface area contributed by atoms with Gasteiger partial charge in [-0.3, -0.25) is 4.90 Å². The van der Waals surface area contributed by atoms with E-state index in [2.05, 4.69) is 4.90 Å². The number of likely N-dealkylation sites (tertiary alicyclic amines) is 1. The van der Waals surface area contributed by atoms with Crippen molar-refractivity contribution in [3.8, 4) is 5.75 Å². The number of ether oxygens (including phenoxy) is 2. The van der Waals surface area contributed by atoms with Gasteiger partial charge in [-0.05, 0) is 74.6 Å². The van der Waals surface area contributed by atoms with Gasteiger partial charge in [0.15, 0.2) is 0 Å². The van der Waals surface area contributed by atoms with E-state index in [0.717, 1.165) is 44.6 Å². The monoisotopic (exact) mass is 432 g/mol. The highest BCUT2D eigenvalue weighted by Gasteiger charge is 2.53. The smallest absolute Gasteiger partial charge is 0.243 e. The summed E-state index contributed by atoms with van der Waals surface area (Å²) in [5.74, 6) is 0.771. The van der Waals surface area contributed by atoms with Crippen LogP contribution in [0.15, 0.2) is 29.2 Å². The van der Waals surface area contributed by atoms with E-state index >= 15 is 0 Å². The molecule has 2 aliphatic carbocycles. The van der Waals surface area contributed by atoms with E-state index in [1.807, 2.05) is 0 Å². The minimum absolute atomic E-state index is 0.324. The molecule has 0 bridgehead atoms. The number of rotatable bonds is 5. The Bertz CT molecular complexity index is 892. The maximum Gasteiger partial charge on any atom is 0.243 e. The van der Waals surface area contributed by atoms with E-state index in [4.69, 9.17) is 9.47 Å². The summed E-state index contributed by atoms with van der Waals surface area (Å²) < 4.78 is 39.1. The van der Waals surface area contributed by atoms with Crippen LogP contribution in [0.1, 0.15) is 44.9 Å². The number of nitrogens with zero attached hydrogens (tertiary/aromatic N) is 2. The van der Waals surface area contributed by atoms with Crippen molar-refractivity contribution in [1.82, 2.24) is 9.21 Å². The highest BCUT2D eigenvalue weighted by molar-refractivity contribution is 7.89. The summed E-state index contributed by atoms with van der Waals surface area (Å²) in [4.78, 5) is 3.05. The maximum absolute atomic E-state index is 13.1. The SMILES string of the molecule is O=S(=O)(c1ccc(OC2CC2)cc1)N1CCC2(CCC(N3CC4(COC4)C3)C2)CC1. The van der Waals surface area contributed by atoms with Crippen LogP contribution in [0.5, 0.6) is 5.75 Å². The highest BCUT2D eigenvalue weighted by atomic mass is 32.2. The molecular weight excluding hydrogens is 400 g/mol.